The van der Waals surface area contributed by atoms with Gasteiger partial charge in [0.05, 0.1) is 16.7 Å². The van der Waals surface area contributed by atoms with Gasteiger partial charge in [-0.15, -0.1) is 0 Å². The molecule has 0 spiro atoms. The molecule has 66 valence electrons. The molecule has 2 aromatic rings. The zero-order chi connectivity index (χ0) is 9.42. The molecule has 0 fully saturated rings. The fourth-order valence-electron chi connectivity index (χ4n) is 1.23. The number of aromatic nitrogens is 2. The third-order valence-corrected chi connectivity index (χ3v) is 2.80. The second kappa shape index (κ2) is 3.07. The molecule has 1 aromatic carbocycles. The fourth-order valence-corrected chi connectivity index (χ4v) is 1.56. The van der Waals surface area contributed by atoms with Crippen molar-refractivity contribution in [3.8, 4) is 0 Å². The molecule has 3 heteroatoms. The Hall–Kier alpha value is -0.960. The molecule has 0 aliphatic rings. The van der Waals surface area contributed by atoms with Gasteiger partial charge in [-0.25, -0.2) is 4.98 Å². The number of rotatable bonds is 0. The van der Waals surface area contributed by atoms with Gasteiger partial charge in [-0.1, -0.05) is 15.9 Å². The van der Waals surface area contributed by atoms with E-state index >= 15 is 0 Å². The molecule has 2 nitrogen and oxygen atoms in total. The van der Waals surface area contributed by atoms with Crippen LogP contribution in [-0.4, -0.2) is 9.97 Å². The summed E-state index contributed by atoms with van der Waals surface area (Å²) in [5.74, 6) is 0. The van der Waals surface area contributed by atoms with Gasteiger partial charge in [-0.3, -0.25) is 4.98 Å². The normalized spacial score (nSPS) is 10.7. The maximum Gasteiger partial charge on any atom is 0.0901 e. The summed E-state index contributed by atoms with van der Waals surface area (Å²) >= 11 is 3.47. The van der Waals surface area contributed by atoms with Crippen molar-refractivity contribution in [3.05, 3.63) is 34.1 Å². The van der Waals surface area contributed by atoms with Crippen molar-refractivity contribution in [2.24, 2.45) is 0 Å². The molecular formula is C10H9BrN2. The minimum Gasteiger partial charge on any atom is -0.253 e. The van der Waals surface area contributed by atoms with Crippen molar-refractivity contribution in [2.45, 2.75) is 13.8 Å². The van der Waals surface area contributed by atoms with Gasteiger partial charge in [0.1, 0.15) is 0 Å². The van der Waals surface area contributed by atoms with E-state index in [1.165, 1.54) is 5.56 Å². The average molecular weight is 237 g/mol. The quantitative estimate of drug-likeness (QED) is 0.703. The van der Waals surface area contributed by atoms with E-state index in [4.69, 9.17) is 0 Å². The Morgan fingerprint density at radius 2 is 1.92 bits per heavy atom. The fraction of sp³-hybridized carbons (Fsp3) is 0.200. The van der Waals surface area contributed by atoms with Crippen molar-refractivity contribution in [2.75, 3.05) is 0 Å². The van der Waals surface area contributed by atoms with E-state index in [0.29, 0.717) is 0 Å². The van der Waals surface area contributed by atoms with Crippen molar-refractivity contribution in [1.29, 1.82) is 0 Å². The molecule has 0 saturated heterocycles. The van der Waals surface area contributed by atoms with E-state index in [0.717, 1.165) is 21.2 Å². The Morgan fingerprint density at radius 1 is 1.15 bits per heavy atom. The smallest absolute Gasteiger partial charge is 0.0901 e. The van der Waals surface area contributed by atoms with E-state index in [2.05, 4.69) is 25.9 Å². The largest absolute Gasteiger partial charge is 0.253 e. The van der Waals surface area contributed by atoms with Gasteiger partial charge < -0.3 is 0 Å². The van der Waals surface area contributed by atoms with Gasteiger partial charge in [0.25, 0.3) is 0 Å². The SMILES string of the molecule is Cc1cnc2cc(C)c(Br)cc2n1. The van der Waals surface area contributed by atoms with E-state index in [-0.39, 0.29) is 0 Å². The summed E-state index contributed by atoms with van der Waals surface area (Å²) in [6, 6.07) is 4.04. The first-order valence-electron chi connectivity index (χ1n) is 4.06. The van der Waals surface area contributed by atoms with Crippen molar-refractivity contribution in [1.82, 2.24) is 9.97 Å². The summed E-state index contributed by atoms with van der Waals surface area (Å²) in [5.41, 5.74) is 4.03. The maximum absolute atomic E-state index is 4.39. The minimum absolute atomic E-state index is 0.942. The zero-order valence-corrected chi connectivity index (χ0v) is 9.09. The van der Waals surface area contributed by atoms with Crippen molar-refractivity contribution < 1.29 is 0 Å². The summed E-state index contributed by atoms with van der Waals surface area (Å²) < 4.78 is 1.08. The van der Waals surface area contributed by atoms with Gasteiger partial charge in [0, 0.05) is 10.7 Å². The van der Waals surface area contributed by atoms with Crippen LogP contribution in [0, 0.1) is 13.8 Å². The maximum atomic E-state index is 4.39. The third kappa shape index (κ3) is 1.56. The predicted molar refractivity (Wildman–Crippen MR) is 56.7 cm³/mol. The number of fused-ring (bicyclic) bond motifs is 1. The summed E-state index contributed by atoms with van der Waals surface area (Å²) in [7, 11) is 0. The van der Waals surface area contributed by atoms with Gasteiger partial charge in [-0.2, -0.15) is 0 Å². The lowest BCUT2D eigenvalue weighted by Gasteiger charge is -2.01. The summed E-state index contributed by atoms with van der Waals surface area (Å²) in [6.45, 7) is 3.99. The molecule has 2 rings (SSSR count). The zero-order valence-electron chi connectivity index (χ0n) is 7.50. The van der Waals surface area contributed by atoms with E-state index in [1.54, 1.807) is 6.20 Å². The molecule has 0 unspecified atom stereocenters. The topological polar surface area (TPSA) is 25.8 Å². The van der Waals surface area contributed by atoms with Gasteiger partial charge in [0.2, 0.25) is 0 Å². The van der Waals surface area contributed by atoms with Crippen LogP contribution in [0.15, 0.2) is 22.8 Å². The van der Waals surface area contributed by atoms with Crippen LogP contribution >= 0.6 is 15.9 Å². The molecule has 0 amide bonds. The molecule has 0 atom stereocenters. The lowest BCUT2D eigenvalue weighted by atomic mass is 10.2. The molecule has 0 aliphatic carbocycles. The monoisotopic (exact) mass is 236 g/mol. The van der Waals surface area contributed by atoms with Gasteiger partial charge in [-0.05, 0) is 31.5 Å². The van der Waals surface area contributed by atoms with Crippen LogP contribution in [0.1, 0.15) is 11.3 Å². The van der Waals surface area contributed by atoms with Gasteiger partial charge in [0.15, 0.2) is 0 Å². The van der Waals surface area contributed by atoms with Crippen LogP contribution in [-0.2, 0) is 0 Å². The van der Waals surface area contributed by atoms with Crippen LogP contribution in [0.5, 0.6) is 0 Å². The molecule has 1 aromatic heterocycles. The first kappa shape index (κ1) is 8.63. The Labute approximate surface area is 85.1 Å². The molecule has 0 aliphatic heterocycles. The number of hydrogen-bond donors (Lipinski definition) is 0. The second-order valence-corrected chi connectivity index (χ2v) is 3.96. The second-order valence-electron chi connectivity index (χ2n) is 3.10. The number of hydrogen-bond acceptors (Lipinski definition) is 2. The molecule has 0 radical (unpaired) electrons. The average Bonchev–Trinajstić information content (AvgIpc) is 2.08. The van der Waals surface area contributed by atoms with Crippen LogP contribution in [0.4, 0.5) is 0 Å². The highest BCUT2D eigenvalue weighted by atomic mass is 79.9. The highest BCUT2D eigenvalue weighted by molar-refractivity contribution is 9.10. The molecule has 1 heterocycles. The lowest BCUT2D eigenvalue weighted by Crippen LogP contribution is -1.88. The molecule has 13 heavy (non-hydrogen) atoms. The van der Waals surface area contributed by atoms with Crippen LogP contribution < -0.4 is 0 Å². The first-order chi connectivity index (χ1) is 6.16. The molecule has 0 saturated carbocycles. The highest BCUT2D eigenvalue weighted by Gasteiger charge is 2.00. The highest BCUT2D eigenvalue weighted by Crippen LogP contribution is 2.21. The third-order valence-electron chi connectivity index (χ3n) is 1.94. The number of nitrogens with zero attached hydrogens (tertiary/aromatic N) is 2. The Kier molecular flexibility index (Phi) is 2.04. The number of aryl methyl sites for hydroxylation is 2. The lowest BCUT2D eigenvalue weighted by molar-refractivity contribution is 1.18. The molecular weight excluding hydrogens is 228 g/mol. The van der Waals surface area contributed by atoms with Crippen LogP contribution in [0.3, 0.4) is 0 Å². The Balaban J connectivity index is 2.81. The van der Waals surface area contributed by atoms with Crippen molar-refractivity contribution >= 4 is 27.0 Å². The standard InChI is InChI=1S/C10H9BrN2/c1-6-3-9-10(4-8(6)11)13-7(2)5-12-9/h3-5H,1-2H3. The number of halogens is 1. The van der Waals surface area contributed by atoms with E-state index < -0.39 is 0 Å². The first-order valence-corrected chi connectivity index (χ1v) is 4.85. The summed E-state index contributed by atoms with van der Waals surface area (Å²) in [4.78, 5) is 8.68. The Bertz CT molecular complexity index is 466. The predicted octanol–water partition coefficient (Wildman–Crippen LogP) is 3.01. The molecule has 0 N–H and O–H groups in total. The van der Waals surface area contributed by atoms with Crippen LogP contribution in [0.25, 0.3) is 11.0 Å². The summed E-state index contributed by atoms with van der Waals surface area (Å²) in [6.07, 6.45) is 1.79. The summed E-state index contributed by atoms with van der Waals surface area (Å²) in [5, 5.41) is 0. The van der Waals surface area contributed by atoms with E-state index in [9.17, 15) is 0 Å². The Morgan fingerprint density at radius 3 is 2.69 bits per heavy atom. The number of benzene rings is 1. The van der Waals surface area contributed by atoms with E-state index in [1.807, 2.05) is 26.0 Å². The van der Waals surface area contributed by atoms with Gasteiger partial charge >= 0.3 is 0 Å². The van der Waals surface area contributed by atoms with Crippen molar-refractivity contribution in [3.63, 3.8) is 0 Å². The minimum atomic E-state index is 0.942. The molecule has 0 bridgehead atoms. The van der Waals surface area contributed by atoms with Crippen LogP contribution in [0.2, 0.25) is 0 Å².